The molecule has 3 heteroatoms. The van der Waals surface area contributed by atoms with E-state index >= 15 is 0 Å². The van der Waals surface area contributed by atoms with Crippen LogP contribution in [0.15, 0.2) is 6.07 Å². The maximum absolute atomic E-state index is 10.6. The standard InChI is InChI=1S/C9H11NO2/c11-9(12)8-5-6-3-1-2-4-7(6)10-8/h5,10H,1-4H2,(H,11,12). The summed E-state index contributed by atoms with van der Waals surface area (Å²) >= 11 is 0. The number of aromatic carboxylic acids is 1. The zero-order chi connectivity index (χ0) is 8.55. The maximum Gasteiger partial charge on any atom is 0.352 e. The summed E-state index contributed by atoms with van der Waals surface area (Å²) in [6.45, 7) is 0. The van der Waals surface area contributed by atoms with Crippen molar-refractivity contribution < 1.29 is 9.90 Å². The van der Waals surface area contributed by atoms with Crippen molar-refractivity contribution in [1.29, 1.82) is 0 Å². The molecule has 0 unspecified atom stereocenters. The Morgan fingerprint density at radius 3 is 2.83 bits per heavy atom. The van der Waals surface area contributed by atoms with Crippen LogP contribution in [0.3, 0.4) is 0 Å². The smallest absolute Gasteiger partial charge is 0.352 e. The van der Waals surface area contributed by atoms with Crippen molar-refractivity contribution in [1.82, 2.24) is 4.98 Å². The summed E-state index contributed by atoms with van der Waals surface area (Å²) in [6.07, 6.45) is 4.39. The third kappa shape index (κ3) is 1.11. The van der Waals surface area contributed by atoms with E-state index in [2.05, 4.69) is 4.98 Å². The Labute approximate surface area is 70.4 Å². The summed E-state index contributed by atoms with van der Waals surface area (Å²) in [6, 6.07) is 1.76. The third-order valence-corrected chi connectivity index (χ3v) is 2.35. The number of hydrogen-bond acceptors (Lipinski definition) is 1. The maximum atomic E-state index is 10.6. The molecule has 0 aliphatic heterocycles. The van der Waals surface area contributed by atoms with E-state index in [9.17, 15) is 4.79 Å². The van der Waals surface area contributed by atoms with Crippen LogP contribution in [0.2, 0.25) is 0 Å². The van der Waals surface area contributed by atoms with E-state index in [1.54, 1.807) is 6.07 Å². The molecule has 12 heavy (non-hydrogen) atoms. The topological polar surface area (TPSA) is 53.1 Å². The van der Waals surface area contributed by atoms with Gasteiger partial charge in [-0.3, -0.25) is 0 Å². The number of aromatic nitrogens is 1. The van der Waals surface area contributed by atoms with Gasteiger partial charge in [0.05, 0.1) is 0 Å². The first-order valence-corrected chi connectivity index (χ1v) is 4.21. The summed E-state index contributed by atoms with van der Waals surface area (Å²) in [5.74, 6) is -0.857. The number of aromatic amines is 1. The van der Waals surface area contributed by atoms with Crippen molar-refractivity contribution in [2.75, 3.05) is 0 Å². The van der Waals surface area contributed by atoms with E-state index in [1.165, 1.54) is 18.4 Å². The molecule has 1 aliphatic rings. The number of hydrogen-bond donors (Lipinski definition) is 2. The molecule has 1 aromatic heterocycles. The second-order valence-corrected chi connectivity index (χ2v) is 3.20. The normalized spacial score (nSPS) is 15.7. The molecule has 0 spiro atoms. The Hall–Kier alpha value is -1.25. The minimum Gasteiger partial charge on any atom is -0.477 e. The Kier molecular flexibility index (Phi) is 1.64. The summed E-state index contributed by atoms with van der Waals surface area (Å²) < 4.78 is 0. The first-order chi connectivity index (χ1) is 5.77. The van der Waals surface area contributed by atoms with Gasteiger partial charge in [-0.25, -0.2) is 4.79 Å². The van der Waals surface area contributed by atoms with Gasteiger partial charge in [0.1, 0.15) is 5.69 Å². The summed E-state index contributed by atoms with van der Waals surface area (Å²) in [4.78, 5) is 13.5. The first kappa shape index (κ1) is 7.40. The van der Waals surface area contributed by atoms with Gasteiger partial charge in [0.2, 0.25) is 0 Å². The Morgan fingerprint density at radius 2 is 2.17 bits per heavy atom. The van der Waals surface area contributed by atoms with Crippen LogP contribution in [0, 0.1) is 0 Å². The molecule has 0 atom stereocenters. The number of H-pyrrole nitrogens is 1. The number of aryl methyl sites for hydroxylation is 2. The number of nitrogens with one attached hydrogen (secondary N) is 1. The lowest BCUT2D eigenvalue weighted by atomic mass is 9.98. The van der Waals surface area contributed by atoms with E-state index in [1.807, 2.05) is 0 Å². The van der Waals surface area contributed by atoms with Crippen LogP contribution in [0.4, 0.5) is 0 Å². The average Bonchev–Trinajstić information content (AvgIpc) is 2.46. The number of rotatable bonds is 1. The van der Waals surface area contributed by atoms with Crippen LogP contribution in [0.1, 0.15) is 34.6 Å². The average molecular weight is 165 g/mol. The van der Waals surface area contributed by atoms with Gasteiger partial charge in [0, 0.05) is 5.69 Å². The minimum absolute atomic E-state index is 0.335. The lowest BCUT2D eigenvalue weighted by Crippen LogP contribution is -2.00. The van der Waals surface area contributed by atoms with Gasteiger partial charge in [0.25, 0.3) is 0 Å². The second-order valence-electron chi connectivity index (χ2n) is 3.20. The molecule has 0 aromatic carbocycles. The highest BCUT2D eigenvalue weighted by Gasteiger charge is 2.15. The van der Waals surface area contributed by atoms with Gasteiger partial charge in [0.15, 0.2) is 0 Å². The number of fused-ring (bicyclic) bond motifs is 1. The molecule has 3 nitrogen and oxygen atoms in total. The lowest BCUT2D eigenvalue weighted by Gasteiger charge is -2.08. The van der Waals surface area contributed by atoms with Gasteiger partial charge < -0.3 is 10.1 Å². The molecule has 2 N–H and O–H groups in total. The highest BCUT2D eigenvalue weighted by Crippen LogP contribution is 2.21. The van der Waals surface area contributed by atoms with Crippen molar-refractivity contribution in [3.05, 3.63) is 23.0 Å². The second kappa shape index (κ2) is 2.66. The SMILES string of the molecule is O=C(O)c1cc2c([nH]1)CCCC2. The lowest BCUT2D eigenvalue weighted by molar-refractivity contribution is 0.0691. The van der Waals surface area contributed by atoms with Crippen molar-refractivity contribution in [2.45, 2.75) is 25.7 Å². The fourth-order valence-corrected chi connectivity index (χ4v) is 1.72. The zero-order valence-electron chi connectivity index (χ0n) is 6.76. The largest absolute Gasteiger partial charge is 0.477 e. The van der Waals surface area contributed by atoms with E-state index in [4.69, 9.17) is 5.11 Å². The minimum atomic E-state index is -0.857. The molecular weight excluding hydrogens is 154 g/mol. The molecule has 1 heterocycles. The molecule has 1 aromatic rings. The van der Waals surface area contributed by atoms with E-state index in [-0.39, 0.29) is 0 Å². The van der Waals surface area contributed by atoms with Crippen molar-refractivity contribution in [2.24, 2.45) is 0 Å². The van der Waals surface area contributed by atoms with E-state index in [0.29, 0.717) is 5.69 Å². The van der Waals surface area contributed by atoms with Gasteiger partial charge in [-0.15, -0.1) is 0 Å². The summed E-state index contributed by atoms with van der Waals surface area (Å²) in [5, 5.41) is 8.70. The summed E-state index contributed by atoms with van der Waals surface area (Å²) in [5.41, 5.74) is 2.65. The number of carboxylic acids is 1. The highest BCUT2D eigenvalue weighted by atomic mass is 16.4. The molecule has 0 amide bonds. The molecule has 0 bridgehead atoms. The molecule has 0 saturated carbocycles. The van der Waals surface area contributed by atoms with Crippen molar-refractivity contribution in [3.8, 4) is 0 Å². The van der Waals surface area contributed by atoms with Crippen LogP contribution >= 0.6 is 0 Å². The Balaban J connectivity index is 2.38. The van der Waals surface area contributed by atoms with Crippen molar-refractivity contribution >= 4 is 5.97 Å². The zero-order valence-corrected chi connectivity index (χ0v) is 6.76. The Bertz CT molecular complexity index is 291. The molecule has 0 radical (unpaired) electrons. The van der Waals surface area contributed by atoms with Gasteiger partial charge in [-0.2, -0.15) is 0 Å². The van der Waals surface area contributed by atoms with Crippen LogP contribution in [-0.2, 0) is 12.8 Å². The summed E-state index contributed by atoms with van der Waals surface area (Å²) in [7, 11) is 0. The quantitative estimate of drug-likeness (QED) is 0.664. The fraction of sp³-hybridized carbons (Fsp3) is 0.444. The highest BCUT2D eigenvalue weighted by molar-refractivity contribution is 5.86. The van der Waals surface area contributed by atoms with Crippen LogP contribution in [-0.4, -0.2) is 16.1 Å². The van der Waals surface area contributed by atoms with Gasteiger partial charge >= 0.3 is 5.97 Å². The third-order valence-electron chi connectivity index (χ3n) is 2.35. The molecule has 64 valence electrons. The fourth-order valence-electron chi connectivity index (χ4n) is 1.72. The Morgan fingerprint density at radius 1 is 1.42 bits per heavy atom. The van der Waals surface area contributed by atoms with E-state index < -0.39 is 5.97 Å². The van der Waals surface area contributed by atoms with Crippen molar-refractivity contribution in [3.63, 3.8) is 0 Å². The monoisotopic (exact) mass is 165 g/mol. The molecule has 2 rings (SSSR count). The molecule has 0 fully saturated rings. The molecule has 1 aliphatic carbocycles. The number of carbonyl (C=O) groups is 1. The predicted molar refractivity (Wildman–Crippen MR) is 44.4 cm³/mol. The van der Waals surface area contributed by atoms with Crippen LogP contribution < -0.4 is 0 Å². The van der Waals surface area contributed by atoms with Crippen LogP contribution in [0.5, 0.6) is 0 Å². The van der Waals surface area contributed by atoms with Gasteiger partial charge in [-0.1, -0.05) is 0 Å². The molecule has 0 saturated heterocycles. The number of carboxylic acid groups (broad SMARTS) is 1. The molecular formula is C9H11NO2. The van der Waals surface area contributed by atoms with Crippen LogP contribution in [0.25, 0.3) is 0 Å². The predicted octanol–water partition coefficient (Wildman–Crippen LogP) is 1.59. The van der Waals surface area contributed by atoms with E-state index in [0.717, 1.165) is 18.5 Å². The first-order valence-electron chi connectivity index (χ1n) is 4.21. The van der Waals surface area contributed by atoms with Gasteiger partial charge in [-0.05, 0) is 37.3 Å².